The van der Waals surface area contributed by atoms with E-state index in [0.717, 1.165) is 17.5 Å². The molecule has 1 aromatic carbocycles. The zero-order chi connectivity index (χ0) is 26.5. The van der Waals surface area contributed by atoms with Crippen LogP contribution in [-0.4, -0.2) is 41.2 Å². The number of sulfone groups is 1. The van der Waals surface area contributed by atoms with Crippen LogP contribution in [0, 0.1) is 17.3 Å². The van der Waals surface area contributed by atoms with Crippen LogP contribution >= 0.6 is 0 Å². The molecule has 4 rings (SSSR count). The number of ether oxygens (including phenoxy) is 1. The molecule has 3 aliphatic carbocycles. The highest BCUT2D eigenvalue weighted by atomic mass is 32.2. The SMILES string of the molecule is COC(=O)CCCS(=O)(=O)c1ccc2c(c1)CCC1C2CC[C@]2(C)C(OS(=O)(=O)C(F)(F)F)=CCC12. The van der Waals surface area contributed by atoms with Gasteiger partial charge in [-0.1, -0.05) is 13.0 Å². The Morgan fingerprint density at radius 1 is 1.17 bits per heavy atom. The van der Waals surface area contributed by atoms with Crippen molar-refractivity contribution in [2.24, 2.45) is 17.3 Å². The second kappa shape index (κ2) is 9.34. The number of carbonyl (C=O) groups is 1. The Morgan fingerprint density at radius 3 is 2.56 bits per heavy atom. The van der Waals surface area contributed by atoms with Crippen molar-refractivity contribution in [1.29, 1.82) is 0 Å². The Labute approximate surface area is 209 Å². The van der Waals surface area contributed by atoms with Gasteiger partial charge in [-0.25, -0.2) is 8.42 Å². The lowest BCUT2D eigenvalue weighted by atomic mass is 9.55. The third-order valence-corrected chi connectivity index (χ3v) is 10.8. The number of carbonyl (C=O) groups excluding carboxylic acids is 1. The molecule has 200 valence electrons. The molecule has 0 aromatic heterocycles. The number of rotatable bonds is 7. The molecular weight excluding hydrogens is 521 g/mol. The molecule has 0 saturated heterocycles. The number of allylic oxidation sites excluding steroid dienone is 2. The van der Waals surface area contributed by atoms with Crippen molar-refractivity contribution < 1.29 is 43.7 Å². The molecule has 1 saturated carbocycles. The highest BCUT2D eigenvalue weighted by Gasteiger charge is 2.56. The lowest BCUT2D eigenvalue weighted by molar-refractivity contribution is -0.140. The maximum absolute atomic E-state index is 12.9. The van der Waals surface area contributed by atoms with Crippen molar-refractivity contribution in [3.63, 3.8) is 0 Å². The third kappa shape index (κ3) is 4.78. The van der Waals surface area contributed by atoms with Gasteiger partial charge in [0.25, 0.3) is 0 Å². The van der Waals surface area contributed by atoms with Crippen LogP contribution in [0.5, 0.6) is 0 Å². The number of aryl methyl sites for hydroxylation is 1. The number of halogens is 3. The number of fused-ring (bicyclic) bond motifs is 5. The van der Waals surface area contributed by atoms with Crippen molar-refractivity contribution in [3.05, 3.63) is 41.2 Å². The monoisotopic (exact) mass is 550 g/mol. The quantitative estimate of drug-likeness (QED) is 0.277. The Bertz CT molecular complexity index is 1290. The molecular formula is C24H29F3O7S2. The third-order valence-electron chi connectivity index (χ3n) is 8.07. The first-order valence-electron chi connectivity index (χ1n) is 11.8. The average molecular weight is 551 g/mol. The van der Waals surface area contributed by atoms with E-state index in [4.69, 9.17) is 0 Å². The number of methoxy groups -OCH3 is 1. The zero-order valence-corrected chi connectivity index (χ0v) is 21.6. The minimum atomic E-state index is -5.73. The summed E-state index contributed by atoms with van der Waals surface area (Å²) < 4.78 is 96.7. The highest BCUT2D eigenvalue weighted by Crippen LogP contribution is 2.61. The Hall–Kier alpha value is -2.08. The van der Waals surface area contributed by atoms with Crippen LogP contribution in [0.15, 0.2) is 34.9 Å². The van der Waals surface area contributed by atoms with Gasteiger partial charge in [0.2, 0.25) is 0 Å². The van der Waals surface area contributed by atoms with Gasteiger partial charge in [-0.15, -0.1) is 0 Å². The van der Waals surface area contributed by atoms with E-state index < -0.39 is 36.8 Å². The van der Waals surface area contributed by atoms with Crippen molar-refractivity contribution in [2.75, 3.05) is 12.9 Å². The summed E-state index contributed by atoms with van der Waals surface area (Å²) in [4.78, 5) is 11.5. The fourth-order valence-corrected chi connectivity index (χ4v) is 8.15. The van der Waals surface area contributed by atoms with Gasteiger partial charge in [-0.2, -0.15) is 21.6 Å². The lowest BCUT2D eigenvalue weighted by Crippen LogP contribution is -2.42. The normalized spacial score (nSPS) is 27.9. The number of alkyl halides is 3. The molecule has 0 amide bonds. The Balaban J connectivity index is 1.51. The molecule has 0 N–H and O–H groups in total. The summed E-state index contributed by atoms with van der Waals surface area (Å²) in [5, 5.41) is 0. The molecule has 3 unspecified atom stereocenters. The van der Waals surface area contributed by atoms with E-state index in [0.29, 0.717) is 25.7 Å². The molecule has 0 spiro atoms. The van der Waals surface area contributed by atoms with Crippen LogP contribution in [0.25, 0.3) is 0 Å². The molecule has 1 fully saturated rings. The molecule has 1 aromatic rings. The Morgan fingerprint density at radius 2 is 1.89 bits per heavy atom. The molecule has 0 aliphatic heterocycles. The van der Waals surface area contributed by atoms with Crippen LogP contribution in [0.2, 0.25) is 0 Å². The first-order chi connectivity index (χ1) is 16.7. The summed E-state index contributed by atoms with van der Waals surface area (Å²) in [6.07, 6.45) is 4.53. The van der Waals surface area contributed by atoms with E-state index in [1.165, 1.54) is 13.2 Å². The maximum atomic E-state index is 12.9. The van der Waals surface area contributed by atoms with E-state index in [9.17, 15) is 34.8 Å². The van der Waals surface area contributed by atoms with E-state index in [-0.39, 0.29) is 47.0 Å². The lowest BCUT2D eigenvalue weighted by Gasteiger charge is -2.49. The van der Waals surface area contributed by atoms with Crippen LogP contribution in [0.4, 0.5) is 13.2 Å². The molecule has 0 radical (unpaired) electrons. The van der Waals surface area contributed by atoms with E-state index >= 15 is 0 Å². The van der Waals surface area contributed by atoms with Crippen LogP contribution in [-0.2, 0) is 40.1 Å². The maximum Gasteiger partial charge on any atom is 0.534 e. The van der Waals surface area contributed by atoms with E-state index in [2.05, 4.69) is 8.92 Å². The summed E-state index contributed by atoms with van der Waals surface area (Å²) in [5.41, 5.74) is -4.31. The van der Waals surface area contributed by atoms with Gasteiger partial charge < -0.3 is 8.92 Å². The van der Waals surface area contributed by atoms with Gasteiger partial charge in [0.05, 0.1) is 17.8 Å². The molecule has 7 nitrogen and oxygen atoms in total. The van der Waals surface area contributed by atoms with Crippen molar-refractivity contribution in [1.82, 2.24) is 0 Å². The number of esters is 1. The standard InChI is InChI=1S/C24H29F3O7S2/c1-23-12-11-18-17-8-6-16(35(29,30)13-3-4-22(28)33-2)14-15(17)5-7-19(18)20(23)9-10-21(23)34-36(31,32)24(25,26)27/h6,8,10,14,18-20H,3-5,7,9,11-13H2,1-2H3/t18?,19?,20?,23-/m0/s1. The van der Waals surface area contributed by atoms with Crippen molar-refractivity contribution in [2.45, 2.75) is 68.2 Å². The summed E-state index contributed by atoms with van der Waals surface area (Å²) >= 11 is 0. The molecule has 4 atom stereocenters. The Kier molecular flexibility index (Phi) is 7.00. The smallest absolute Gasteiger partial charge is 0.469 e. The summed E-state index contributed by atoms with van der Waals surface area (Å²) in [5.74, 6) is -0.591. The number of hydrogen-bond acceptors (Lipinski definition) is 7. The molecule has 3 aliphatic rings. The number of benzene rings is 1. The summed E-state index contributed by atoms with van der Waals surface area (Å²) in [7, 11) is -8.05. The fraction of sp³-hybridized carbons (Fsp3) is 0.625. The van der Waals surface area contributed by atoms with Gasteiger partial charge in [-0.05, 0) is 85.6 Å². The minimum absolute atomic E-state index is 0.0224. The zero-order valence-electron chi connectivity index (χ0n) is 20.0. The molecule has 0 heterocycles. The minimum Gasteiger partial charge on any atom is -0.469 e. The predicted octanol–water partition coefficient (Wildman–Crippen LogP) is 4.63. The van der Waals surface area contributed by atoms with E-state index in [1.54, 1.807) is 19.1 Å². The van der Waals surface area contributed by atoms with Gasteiger partial charge in [0, 0.05) is 11.8 Å². The van der Waals surface area contributed by atoms with Crippen molar-refractivity contribution in [3.8, 4) is 0 Å². The first kappa shape index (κ1) is 27.0. The first-order valence-corrected chi connectivity index (χ1v) is 14.9. The predicted molar refractivity (Wildman–Crippen MR) is 124 cm³/mol. The summed E-state index contributed by atoms with van der Waals surface area (Å²) in [6, 6.07) is 5.11. The molecule has 12 heteroatoms. The van der Waals surface area contributed by atoms with Gasteiger partial charge >= 0.3 is 21.6 Å². The average Bonchev–Trinajstić information content (AvgIpc) is 3.13. The topological polar surface area (TPSA) is 104 Å². The van der Waals surface area contributed by atoms with Crippen molar-refractivity contribution >= 4 is 25.9 Å². The van der Waals surface area contributed by atoms with Crippen LogP contribution in [0.3, 0.4) is 0 Å². The largest absolute Gasteiger partial charge is 0.534 e. The van der Waals surface area contributed by atoms with Crippen LogP contribution in [0.1, 0.15) is 62.5 Å². The second-order valence-corrected chi connectivity index (χ2v) is 13.7. The molecule has 0 bridgehead atoms. The van der Waals surface area contributed by atoms with Gasteiger partial charge in [0.15, 0.2) is 9.84 Å². The molecule has 36 heavy (non-hydrogen) atoms. The van der Waals surface area contributed by atoms with E-state index in [1.807, 2.05) is 6.07 Å². The summed E-state index contributed by atoms with van der Waals surface area (Å²) in [6.45, 7) is 1.78. The van der Waals surface area contributed by atoms with Gasteiger partial charge in [-0.3, -0.25) is 4.79 Å². The second-order valence-electron chi connectivity index (χ2n) is 10.0. The number of hydrogen-bond donors (Lipinski definition) is 0. The van der Waals surface area contributed by atoms with Gasteiger partial charge in [0.1, 0.15) is 5.76 Å². The van der Waals surface area contributed by atoms with Crippen LogP contribution < -0.4 is 0 Å². The fourth-order valence-electron chi connectivity index (χ4n) is 6.20. The highest BCUT2D eigenvalue weighted by molar-refractivity contribution is 7.91.